The number of nitrogen functional groups attached to an aromatic ring is 1. The number of carboxylic acids is 1. The first-order chi connectivity index (χ1) is 6.59. The predicted molar refractivity (Wildman–Crippen MR) is 49.9 cm³/mol. The third-order valence-corrected chi connectivity index (χ3v) is 2.01. The maximum Gasteiger partial charge on any atom is 0.337 e. The molecule has 1 aromatic carbocycles. The Kier molecular flexibility index (Phi) is 1.63. The van der Waals surface area contributed by atoms with Crippen molar-refractivity contribution >= 4 is 22.7 Å². The molecule has 1 heterocycles. The van der Waals surface area contributed by atoms with Crippen LogP contribution >= 0.6 is 0 Å². The van der Waals surface area contributed by atoms with Crippen molar-refractivity contribution in [1.82, 2.24) is 15.0 Å². The Labute approximate surface area is 78.9 Å². The molecule has 1 aromatic heterocycles. The van der Waals surface area contributed by atoms with E-state index in [1.807, 2.05) is 0 Å². The molecule has 0 spiro atoms. The number of carbonyl (C=O) groups is 1. The fourth-order valence-electron chi connectivity index (χ4n) is 1.28. The van der Waals surface area contributed by atoms with Gasteiger partial charge < -0.3 is 10.8 Å². The smallest absolute Gasteiger partial charge is 0.337 e. The fraction of sp³-hybridized carbons (Fsp3) is 0.125. The van der Waals surface area contributed by atoms with Gasteiger partial charge in [-0.25, -0.2) is 9.48 Å². The first kappa shape index (κ1) is 8.49. The van der Waals surface area contributed by atoms with Crippen LogP contribution in [0.25, 0.3) is 11.0 Å². The standard InChI is InChI=1S/C8H8N4O2/c1-12-7-2-4(8(13)14)5(9)3-6(7)10-11-12/h2-3H,9H2,1H3,(H,13,14). The van der Waals surface area contributed by atoms with Crippen LogP contribution in [0.15, 0.2) is 12.1 Å². The van der Waals surface area contributed by atoms with Gasteiger partial charge in [0.25, 0.3) is 0 Å². The number of nitrogens with zero attached hydrogens (tertiary/aromatic N) is 3. The largest absolute Gasteiger partial charge is 0.478 e. The summed E-state index contributed by atoms with van der Waals surface area (Å²) in [5.74, 6) is -1.05. The molecule has 2 rings (SSSR count). The molecule has 0 unspecified atom stereocenters. The molecular formula is C8H8N4O2. The summed E-state index contributed by atoms with van der Waals surface area (Å²) < 4.78 is 1.50. The fourth-order valence-corrected chi connectivity index (χ4v) is 1.28. The minimum absolute atomic E-state index is 0.0721. The van der Waals surface area contributed by atoms with E-state index in [-0.39, 0.29) is 11.3 Å². The van der Waals surface area contributed by atoms with Gasteiger partial charge in [-0.2, -0.15) is 0 Å². The number of aromatic nitrogens is 3. The van der Waals surface area contributed by atoms with E-state index in [9.17, 15) is 4.79 Å². The zero-order valence-corrected chi connectivity index (χ0v) is 7.43. The number of anilines is 1. The van der Waals surface area contributed by atoms with Crippen LogP contribution in [0, 0.1) is 0 Å². The molecule has 0 aliphatic carbocycles. The molecule has 6 heteroatoms. The van der Waals surface area contributed by atoms with Crippen molar-refractivity contribution in [2.45, 2.75) is 0 Å². The maximum absolute atomic E-state index is 10.8. The lowest BCUT2D eigenvalue weighted by Crippen LogP contribution is -2.02. The van der Waals surface area contributed by atoms with Crippen LogP contribution in [0.2, 0.25) is 0 Å². The highest BCUT2D eigenvalue weighted by Gasteiger charge is 2.11. The van der Waals surface area contributed by atoms with Crippen molar-refractivity contribution in [1.29, 1.82) is 0 Å². The highest BCUT2D eigenvalue weighted by molar-refractivity contribution is 5.98. The number of aromatic carboxylic acids is 1. The Morgan fingerprint density at radius 2 is 2.29 bits per heavy atom. The van der Waals surface area contributed by atoms with Crippen molar-refractivity contribution in [3.8, 4) is 0 Å². The van der Waals surface area contributed by atoms with Crippen LogP contribution in [0.3, 0.4) is 0 Å². The van der Waals surface area contributed by atoms with Crippen molar-refractivity contribution in [3.63, 3.8) is 0 Å². The zero-order valence-electron chi connectivity index (χ0n) is 7.43. The average molecular weight is 192 g/mol. The normalized spacial score (nSPS) is 10.6. The summed E-state index contributed by atoms with van der Waals surface area (Å²) in [6.45, 7) is 0. The maximum atomic E-state index is 10.8. The van der Waals surface area contributed by atoms with Crippen LogP contribution in [0.5, 0.6) is 0 Å². The van der Waals surface area contributed by atoms with Crippen molar-refractivity contribution in [2.75, 3.05) is 5.73 Å². The monoisotopic (exact) mass is 192 g/mol. The molecule has 3 N–H and O–H groups in total. The van der Waals surface area contributed by atoms with Crippen LogP contribution in [0.1, 0.15) is 10.4 Å². The summed E-state index contributed by atoms with van der Waals surface area (Å²) in [6.07, 6.45) is 0. The first-order valence-corrected chi connectivity index (χ1v) is 3.92. The van der Waals surface area contributed by atoms with E-state index in [2.05, 4.69) is 10.3 Å². The van der Waals surface area contributed by atoms with Gasteiger partial charge in [0.15, 0.2) is 0 Å². The summed E-state index contributed by atoms with van der Waals surface area (Å²) in [6, 6.07) is 2.97. The van der Waals surface area contributed by atoms with Gasteiger partial charge in [0.1, 0.15) is 5.52 Å². The Morgan fingerprint density at radius 3 is 2.93 bits per heavy atom. The second-order valence-corrected chi connectivity index (χ2v) is 2.95. The van der Waals surface area contributed by atoms with Gasteiger partial charge in [-0.3, -0.25) is 0 Å². The van der Waals surface area contributed by atoms with Crippen LogP contribution in [0.4, 0.5) is 5.69 Å². The Bertz CT molecular complexity index is 517. The number of benzene rings is 1. The minimum Gasteiger partial charge on any atom is -0.478 e. The number of rotatable bonds is 1. The van der Waals surface area contributed by atoms with Crippen LogP contribution in [-0.4, -0.2) is 26.1 Å². The van der Waals surface area contributed by atoms with E-state index >= 15 is 0 Å². The van der Waals surface area contributed by atoms with E-state index in [4.69, 9.17) is 10.8 Å². The molecule has 0 aliphatic rings. The summed E-state index contributed by atoms with van der Waals surface area (Å²) >= 11 is 0. The van der Waals surface area contributed by atoms with Gasteiger partial charge in [0, 0.05) is 12.7 Å². The van der Waals surface area contributed by atoms with Gasteiger partial charge in [-0.05, 0) is 12.1 Å². The van der Waals surface area contributed by atoms with E-state index in [0.29, 0.717) is 11.0 Å². The van der Waals surface area contributed by atoms with Crippen LogP contribution < -0.4 is 5.73 Å². The summed E-state index contributed by atoms with van der Waals surface area (Å²) in [5.41, 5.74) is 7.05. The van der Waals surface area contributed by atoms with Crippen molar-refractivity contribution in [2.24, 2.45) is 7.05 Å². The third kappa shape index (κ3) is 1.08. The van der Waals surface area contributed by atoms with Gasteiger partial charge in [-0.15, -0.1) is 5.10 Å². The Hall–Kier alpha value is -2.11. The molecule has 0 bridgehead atoms. The second-order valence-electron chi connectivity index (χ2n) is 2.95. The molecule has 2 aromatic rings. The number of nitrogens with two attached hydrogens (primary N) is 1. The molecule has 0 amide bonds. The summed E-state index contributed by atoms with van der Waals surface area (Å²) in [4.78, 5) is 10.8. The molecule has 0 aliphatic heterocycles. The van der Waals surface area contributed by atoms with E-state index in [1.54, 1.807) is 7.05 Å². The molecule has 0 saturated carbocycles. The highest BCUT2D eigenvalue weighted by Crippen LogP contribution is 2.19. The van der Waals surface area contributed by atoms with Gasteiger partial charge in [0.05, 0.1) is 11.1 Å². The van der Waals surface area contributed by atoms with E-state index in [1.165, 1.54) is 16.8 Å². The van der Waals surface area contributed by atoms with E-state index < -0.39 is 5.97 Å². The Balaban J connectivity index is 2.80. The summed E-state index contributed by atoms with van der Waals surface area (Å²) in [7, 11) is 1.69. The molecule has 14 heavy (non-hydrogen) atoms. The van der Waals surface area contributed by atoms with E-state index in [0.717, 1.165) is 0 Å². The highest BCUT2D eigenvalue weighted by atomic mass is 16.4. The average Bonchev–Trinajstić information content (AvgIpc) is 2.46. The molecule has 0 saturated heterocycles. The summed E-state index contributed by atoms with van der Waals surface area (Å²) in [5, 5.41) is 16.4. The molecule has 0 radical (unpaired) electrons. The minimum atomic E-state index is -1.05. The quantitative estimate of drug-likeness (QED) is 0.631. The van der Waals surface area contributed by atoms with Crippen LogP contribution in [-0.2, 0) is 7.05 Å². The number of hydrogen-bond acceptors (Lipinski definition) is 4. The number of fused-ring (bicyclic) bond motifs is 1. The lowest BCUT2D eigenvalue weighted by molar-refractivity contribution is 0.0698. The molecule has 6 nitrogen and oxygen atoms in total. The SMILES string of the molecule is Cn1nnc2cc(N)c(C(=O)O)cc21. The zero-order chi connectivity index (χ0) is 10.3. The predicted octanol–water partition coefficient (Wildman–Crippen LogP) is 0.249. The molecule has 0 atom stereocenters. The Morgan fingerprint density at radius 1 is 1.57 bits per heavy atom. The van der Waals surface area contributed by atoms with Gasteiger partial charge >= 0.3 is 5.97 Å². The third-order valence-electron chi connectivity index (χ3n) is 2.01. The number of carboxylic acid groups (broad SMARTS) is 1. The lowest BCUT2D eigenvalue weighted by Gasteiger charge is -2.00. The second kappa shape index (κ2) is 2.69. The lowest BCUT2D eigenvalue weighted by atomic mass is 10.1. The number of hydrogen-bond donors (Lipinski definition) is 2. The number of aryl methyl sites for hydroxylation is 1. The van der Waals surface area contributed by atoms with Crippen molar-refractivity contribution in [3.05, 3.63) is 17.7 Å². The van der Waals surface area contributed by atoms with Gasteiger partial charge in [0.2, 0.25) is 0 Å². The molecule has 0 fully saturated rings. The van der Waals surface area contributed by atoms with Crippen molar-refractivity contribution < 1.29 is 9.90 Å². The first-order valence-electron chi connectivity index (χ1n) is 3.92. The van der Waals surface area contributed by atoms with Gasteiger partial charge in [-0.1, -0.05) is 5.21 Å². The topological polar surface area (TPSA) is 94.0 Å². The molecule has 72 valence electrons. The molecular weight excluding hydrogens is 184 g/mol.